The van der Waals surface area contributed by atoms with Crippen LogP contribution in [0.1, 0.15) is 0 Å². The van der Waals surface area contributed by atoms with Crippen LogP contribution < -0.4 is 5.32 Å². The Hall–Kier alpha value is -0.850. The van der Waals surface area contributed by atoms with E-state index in [1.807, 2.05) is 24.6 Å². The van der Waals surface area contributed by atoms with Crippen molar-refractivity contribution in [1.82, 2.24) is 0 Å². The molecule has 1 aromatic carbocycles. The molecule has 12 heavy (non-hydrogen) atoms. The summed E-state index contributed by atoms with van der Waals surface area (Å²) in [4.78, 5) is 1.08. The summed E-state index contributed by atoms with van der Waals surface area (Å²) >= 11 is 7.42. The summed E-state index contributed by atoms with van der Waals surface area (Å²) in [5.74, 6) is 0. The highest BCUT2D eigenvalue weighted by atomic mass is 35.5. The Morgan fingerprint density at radius 3 is 2.92 bits per heavy atom. The van der Waals surface area contributed by atoms with E-state index in [-0.39, 0.29) is 0 Å². The monoisotopic (exact) mass is 198 g/mol. The molecule has 0 aliphatic heterocycles. The molecule has 0 atom stereocenters. The first-order valence-corrected chi connectivity index (χ1v) is 4.87. The molecule has 1 aromatic rings. The molecule has 0 unspecified atom stereocenters. The molecule has 0 bridgehead atoms. The van der Waals surface area contributed by atoms with Crippen LogP contribution in [0.15, 0.2) is 23.1 Å². The Morgan fingerprint density at radius 1 is 1.58 bits per heavy atom. The molecule has 1 N–H and O–H groups in total. The first kappa shape index (κ1) is 9.24. The van der Waals surface area contributed by atoms with Crippen LogP contribution in [0.5, 0.6) is 0 Å². The maximum Gasteiger partial charge on any atom is 0.181 e. The van der Waals surface area contributed by atoms with Crippen LogP contribution in [0.3, 0.4) is 0 Å². The lowest BCUT2D eigenvalue weighted by atomic mass is 10.3. The topological polar surface area (TPSA) is 35.8 Å². The number of nitrogens with one attached hydrogen (secondary N) is 1. The molecule has 62 valence electrons. The average molecular weight is 199 g/mol. The van der Waals surface area contributed by atoms with Gasteiger partial charge in [0.2, 0.25) is 0 Å². The molecule has 4 heteroatoms. The summed E-state index contributed by atoms with van der Waals surface area (Å²) in [6, 6.07) is 5.53. The fourth-order valence-electron chi connectivity index (χ4n) is 0.787. The zero-order valence-electron chi connectivity index (χ0n) is 6.47. The smallest absolute Gasteiger partial charge is 0.181 e. The molecule has 0 heterocycles. The largest absolute Gasteiger partial charge is 0.291 e. The van der Waals surface area contributed by atoms with Crippen molar-refractivity contribution in [3.63, 3.8) is 0 Å². The zero-order valence-corrected chi connectivity index (χ0v) is 8.04. The second-order valence-electron chi connectivity index (χ2n) is 2.08. The van der Waals surface area contributed by atoms with Gasteiger partial charge < -0.3 is 0 Å². The van der Waals surface area contributed by atoms with Gasteiger partial charge in [-0.3, -0.25) is 5.32 Å². The van der Waals surface area contributed by atoms with E-state index in [1.54, 1.807) is 17.8 Å². The third kappa shape index (κ3) is 2.07. The van der Waals surface area contributed by atoms with Gasteiger partial charge in [-0.05, 0) is 24.5 Å². The van der Waals surface area contributed by atoms with E-state index in [4.69, 9.17) is 16.9 Å². The molecule has 0 aliphatic rings. The van der Waals surface area contributed by atoms with Gasteiger partial charge in [-0.1, -0.05) is 11.6 Å². The fourth-order valence-corrected chi connectivity index (χ4v) is 1.39. The highest BCUT2D eigenvalue weighted by Crippen LogP contribution is 2.26. The van der Waals surface area contributed by atoms with Crippen molar-refractivity contribution in [2.75, 3.05) is 11.6 Å². The fraction of sp³-hybridized carbons (Fsp3) is 0.125. The number of benzene rings is 1. The van der Waals surface area contributed by atoms with Gasteiger partial charge in [0.1, 0.15) is 0 Å². The van der Waals surface area contributed by atoms with Crippen molar-refractivity contribution in [3.8, 4) is 6.19 Å². The Bertz CT molecular complexity index is 319. The van der Waals surface area contributed by atoms with Gasteiger partial charge in [-0.15, -0.1) is 11.8 Å². The predicted molar refractivity (Wildman–Crippen MR) is 52.5 cm³/mol. The number of rotatable bonds is 2. The Labute approximate surface area is 80.5 Å². The highest BCUT2D eigenvalue weighted by molar-refractivity contribution is 7.98. The molecule has 0 radical (unpaired) electrons. The van der Waals surface area contributed by atoms with Crippen LogP contribution in [-0.4, -0.2) is 6.26 Å². The summed E-state index contributed by atoms with van der Waals surface area (Å²) in [6.07, 6.45) is 3.80. The molecule has 0 saturated carbocycles. The van der Waals surface area contributed by atoms with E-state index in [0.29, 0.717) is 10.7 Å². The molecule has 1 rings (SSSR count). The van der Waals surface area contributed by atoms with E-state index >= 15 is 0 Å². The van der Waals surface area contributed by atoms with Crippen molar-refractivity contribution in [1.29, 1.82) is 5.26 Å². The van der Waals surface area contributed by atoms with Crippen molar-refractivity contribution < 1.29 is 0 Å². The van der Waals surface area contributed by atoms with E-state index in [0.717, 1.165) is 4.90 Å². The number of thioether (sulfide) groups is 1. The average Bonchev–Trinajstić information content (AvgIpc) is 2.09. The second kappa shape index (κ2) is 4.24. The van der Waals surface area contributed by atoms with Crippen molar-refractivity contribution in [2.24, 2.45) is 0 Å². The van der Waals surface area contributed by atoms with Gasteiger partial charge in [-0.2, -0.15) is 5.26 Å². The maximum atomic E-state index is 8.38. The summed E-state index contributed by atoms with van der Waals surface area (Å²) < 4.78 is 0. The predicted octanol–water partition coefficient (Wildman–Crippen LogP) is 2.95. The van der Waals surface area contributed by atoms with Gasteiger partial charge in [0.15, 0.2) is 6.19 Å². The van der Waals surface area contributed by atoms with Crippen LogP contribution in [0.25, 0.3) is 0 Å². The lowest BCUT2D eigenvalue weighted by Crippen LogP contribution is -1.88. The molecule has 0 aromatic heterocycles. The van der Waals surface area contributed by atoms with Crippen LogP contribution in [0.2, 0.25) is 5.02 Å². The van der Waals surface area contributed by atoms with Gasteiger partial charge in [0.25, 0.3) is 0 Å². The lowest BCUT2D eigenvalue weighted by Gasteiger charge is -2.02. The van der Waals surface area contributed by atoms with E-state index < -0.39 is 0 Å². The lowest BCUT2D eigenvalue weighted by molar-refractivity contribution is 1.42. The SMILES string of the molecule is CSc1ccc(Cl)c(NC#N)c1. The summed E-state index contributed by atoms with van der Waals surface area (Å²) in [5, 5.41) is 11.5. The summed E-state index contributed by atoms with van der Waals surface area (Å²) in [5.41, 5.74) is 0.658. The number of anilines is 1. The number of hydrogen-bond acceptors (Lipinski definition) is 3. The summed E-state index contributed by atoms with van der Waals surface area (Å²) in [6.45, 7) is 0. The number of halogens is 1. The third-order valence-electron chi connectivity index (χ3n) is 1.36. The molecule has 0 saturated heterocycles. The quantitative estimate of drug-likeness (QED) is 0.451. The molecule has 0 spiro atoms. The third-order valence-corrected chi connectivity index (χ3v) is 2.42. The Morgan fingerprint density at radius 2 is 2.33 bits per heavy atom. The van der Waals surface area contributed by atoms with E-state index in [2.05, 4.69) is 5.32 Å². The first-order valence-electron chi connectivity index (χ1n) is 3.26. The van der Waals surface area contributed by atoms with Crippen molar-refractivity contribution in [2.45, 2.75) is 4.90 Å². The number of nitriles is 1. The standard InChI is InChI=1S/C8H7ClN2S/c1-12-6-2-3-7(9)8(4-6)11-5-10/h2-4,11H,1H3. The highest BCUT2D eigenvalue weighted by Gasteiger charge is 1.99. The molecular formula is C8H7ClN2S. The first-order chi connectivity index (χ1) is 5.77. The molecular weight excluding hydrogens is 192 g/mol. The molecule has 0 amide bonds. The molecule has 2 nitrogen and oxygen atoms in total. The number of nitrogens with zero attached hydrogens (tertiary/aromatic N) is 1. The van der Waals surface area contributed by atoms with E-state index in [1.165, 1.54) is 0 Å². The minimum absolute atomic E-state index is 0.564. The van der Waals surface area contributed by atoms with Crippen molar-refractivity contribution in [3.05, 3.63) is 23.2 Å². The van der Waals surface area contributed by atoms with Crippen LogP contribution >= 0.6 is 23.4 Å². The van der Waals surface area contributed by atoms with Crippen LogP contribution in [0.4, 0.5) is 5.69 Å². The van der Waals surface area contributed by atoms with Gasteiger partial charge in [-0.25, -0.2) is 0 Å². The second-order valence-corrected chi connectivity index (χ2v) is 3.37. The minimum atomic E-state index is 0.564. The van der Waals surface area contributed by atoms with Gasteiger partial charge >= 0.3 is 0 Å². The normalized spacial score (nSPS) is 9.08. The minimum Gasteiger partial charge on any atom is -0.291 e. The Kier molecular flexibility index (Phi) is 3.27. The summed E-state index contributed by atoms with van der Waals surface area (Å²) in [7, 11) is 0. The maximum absolute atomic E-state index is 8.38. The van der Waals surface area contributed by atoms with Crippen LogP contribution in [-0.2, 0) is 0 Å². The number of hydrogen-bond donors (Lipinski definition) is 1. The van der Waals surface area contributed by atoms with Crippen LogP contribution in [0, 0.1) is 11.5 Å². The van der Waals surface area contributed by atoms with Crippen molar-refractivity contribution >= 4 is 29.1 Å². The molecule has 0 fully saturated rings. The van der Waals surface area contributed by atoms with E-state index in [9.17, 15) is 0 Å². The molecule has 0 aliphatic carbocycles. The Balaban J connectivity index is 3.01. The zero-order chi connectivity index (χ0) is 8.97. The van der Waals surface area contributed by atoms with Gasteiger partial charge in [0, 0.05) is 4.90 Å². The van der Waals surface area contributed by atoms with Gasteiger partial charge in [0.05, 0.1) is 10.7 Å².